The summed E-state index contributed by atoms with van der Waals surface area (Å²) < 4.78 is 5.26. The first-order chi connectivity index (χ1) is 11.6. The van der Waals surface area contributed by atoms with Gasteiger partial charge in [-0.25, -0.2) is 9.59 Å². The second kappa shape index (κ2) is 8.87. The van der Waals surface area contributed by atoms with Gasteiger partial charge < -0.3 is 9.84 Å². The highest BCUT2D eigenvalue weighted by Crippen LogP contribution is 2.20. The number of benzene rings is 2. The average Bonchev–Trinajstić information content (AvgIpc) is 2.61. The molecule has 0 saturated carbocycles. The quantitative estimate of drug-likeness (QED) is 0.559. The Kier molecular flexibility index (Phi) is 6.55. The first kappa shape index (κ1) is 17.7. The number of unbranched alkanes of at least 4 members (excludes halogenated alkanes) is 3. The number of esters is 1. The molecule has 0 unspecified atom stereocenters. The molecule has 0 amide bonds. The third-order valence-corrected chi connectivity index (χ3v) is 3.82. The molecular formula is C20H22O4. The third kappa shape index (κ3) is 4.95. The summed E-state index contributed by atoms with van der Waals surface area (Å²) in [5.41, 5.74) is 2.60. The predicted octanol–water partition coefficient (Wildman–Crippen LogP) is 4.79. The Morgan fingerprint density at radius 1 is 0.833 bits per heavy atom. The minimum atomic E-state index is -0.946. The van der Waals surface area contributed by atoms with Gasteiger partial charge in [0.25, 0.3) is 0 Å². The van der Waals surface area contributed by atoms with Crippen LogP contribution in [-0.4, -0.2) is 23.7 Å². The van der Waals surface area contributed by atoms with Crippen LogP contribution in [0.5, 0.6) is 0 Å². The van der Waals surface area contributed by atoms with Crippen LogP contribution < -0.4 is 0 Å². The molecule has 0 spiro atoms. The fourth-order valence-electron chi connectivity index (χ4n) is 2.38. The summed E-state index contributed by atoms with van der Waals surface area (Å²) in [7, 11) is 0. The molecule has 0 saturated heterocycles. The Morgan fingerprint density at radius 2 is 1.38 bits per heavy atom. The van der Waals surface area contributed by atoms with Gasteiger partial charge in [0.2, 0.25) is 0 Å². The maximum atomic E-state index is 12.0. The molecule has 2 aromatic rings. The van der Waals surface area contributed by atoms with Crippen LogP contribution in [0.15, 0.2) is 48.5 Å². The standard InChI is InChI=1S/C20H22O4/c1-2-3-4-5-14-24-20(23)18-12-8-16(9-13-18)15-6-10-17(11-7-15)19(21)22/h6-13H,2-5,14H2,1H3,(H,21,22). The van der Waals surface area contributed by atoms with E-state index in [1.165, 1.54) is 0 Å². The molecule has 2 rings (SSSR count). The highest BCUT2D eigenvalue weighted by Gasteiger charge is 2.08. The van der Waals surface area contributed by atoms with Gasteiger partial charge in [0, 0.05) is 0 Å². The number of hydrogen-bond acceptors (Lipinski definition) is 3. The first-order valence-electron chi connectivity index (χ1n) is 8.22. The molecule has 0 fully saturated rings. The molecule has 0 heterocycles. The molecule has 0 atom stereocenters. The van der Waals surface area contributed by atoms with E-state index in [-0.39, 0.29) is 11.5 Å². The van der Waals surface area contributed by atoms with Gasteiger partial charge in [0.15, 0.2) is 0 Å². The minimum Gasteiger partial charge on any atom is -0.478 e. The van der Waals surface area contributed by atoms with E-state index in [1.807, 2.05) is 12.1 Å². The maximum absolute atomic E-state index is 12.0. The molecule has 0 bridgehead atoms. The van der Waals surface area contributed by atoms with Crippen LogP contribution in [0, 0.1) is 0 Å². The van der Waals surface area contributed by atoms with Gasteiger partial charge >= 0.3 is 11.9 Å². The van der Waals surface area contributed by atoms with Gasteiger partial charge in [-0.15, -0.1) is 0 Å². The van der Waals surface area contributed by atoms with Crippen LogP contribution >= 0.6 is 0 Å². The van der Waals surface area contributed by atoms with Gasteiger partial charge in [-0.2, -0.15) is 0 Å². The van der Waals surface area contributed by atoms with E-state index in [0.717, 1.165) is 36.8 Å². The third-order valence-electron chi connectivity index (χ3n) is 3.82. The molecule has 4 heteroatoms. The molecule has 24 heavy (non-hydrogen) atoms. The normalized spacial score (nSPS) is 10.4. The number of carbonyl (C=O) groups is 2. The maximum Gasteiger partial charge on any atom is 0.338 e. The van der Waals surface area contributed by atoms with E-state index in [4.69, 9.17) is 9.84 Å². The average molecular weight is 326 g/mol. The number of carboxylic acids is 1. The molecular weight excluding hydrogens is 304 g/mol. The molecule has 0 aromatic heterocycles. The van der Waals surface area contributed by atoms with Gasteiger partial charge in [0.05, 0.1) is 17.7 Å². The van der Waals surface area contributed by atoms with Gasteiger partial charge in [-0.05, 0) is 41.8 Å². The van der Waals surface area contributed by atoms with Crippen molar-refractivity contribution >= 4 is 11.9 Å². The van der Waals surface area contributed by atoms with Crippen LogP contribution in [0.1, 0.15) is 53.3 Å². The summed E-state index contributed by atoms with van der Waals surface area (Å²) in [6.45, 7) is 2.60. The monoisotopic (exact) mass is 326 g/mol. The van der Waals surface area contributed by atoms with Crippen molar-refractivity contribution in [3.63, 3.8) is 0 Å². The van der Waals surface area contributed by atoms with Crippen LogP contribution in [0.2, 0.25) is 0 Å². The molecule has 0 aliphatic heterocycles. The Labute approximate surface area is 142 Å². The lowest BCUT2D eigenvalue weighted by atomic mass is 10.0. The second-order valence-electron chi connectivity index (χ2n) is 5.66. The van der Waals surface area contributed by atoms with Crippen molar-refractivity contribution in [3.05, 3.63) is 59.7 Å². The largest absolute Gasteiger partial charge is 0.478 e. The van der Waals surface area contributed by atoms with E-state index in [9.17, 15) is 9.59 Å². The summed E-state index contributed by atoms with van der Waals surface area (Å²) in [5, 5.41) is 8.91. The number of aromatic carboxylic acids is 1. The van der Waals surface area contributed by atoms with E-state index in [1.54, 1.807) is 36.4 Å². The lowest BCUT2D eigenvalue weighted by Crippen LogP contribution is -2.06. The number of carboxylic acid groups (broad SMARTS) is 1. The predicted molar refractivity (Wildman–Crippen MR) is 93.3 cm³/mol. The fourth-order valence-corrected chi connectivity index (χ4v) is 2.38. The van der Waals surface area contributed by atoms with Crippen molar-refractivity contribution in [1.29, 1.82) is 0 Å². The lowest BCUT2D eigenvalue weighted by Gasteiger charge is -2.06. The van der Waals surface area contributed by atoms with Crippen molar-refractivity contribution in [2.24, 2.45) is 0 Å². The Bertz CT molecular complexity index is 672. The van der Waals surface area contributed by atoms with Crippen LogP contribution in [0.3, 0.4) is 0 Å². The van der Waals surface area contributed by atoms with Crippen molar-refractivity contribution in [1.82, 2.24) is 0 Å². The summed E-state index contributed by atoms with van der Waals surface area (Å²) in [6, 6.07) is 13.8. The first-order valence-corrected chi connectivity index (χ1v) is 8.22. The second-order valence-corrected chi connectivity index (χ2v) is 5.66. The van der Waals surface area contributed by atoms with E-state index >= 15 is 0 Å². The summed E-state index contributed by atoms with van der Waals surface area (Å²) >= 11 is 0. The van der Waals surface area contributed by atoms with E-state index in [2.05, 4.69) is 6.92 Å². The van der Waals surface area contributed by atoms with Crippen molar-refractivity contribution < 1.29 is 19.4 Å². The molecule has 0 aliphatic carbocycles. The minimum absolute atomic E-state index is 0.252. The Morgan fingerprint density at radius 3 is 1.88 bits per heavy atom. The highest BCUT2D eigenvalue weighted by molar-refractivity contribution is 5.90. The topological polar surface area (TPSA) is 63.6 Å². The molecule has 126 valence electrons. The van der Waals surface area contributed by atoms with Crippen molar-refractivity contribution in [2.75, 3.05) is 6.61 Å². The smallest absolute Gasteiger partial charge is 0.338 e. The number of hydrogen-bond donors (Lipinski definition) is 1. The molecule has 2 aromatic carbocycles. The lowest BCUT2D eigenvalue weighted by molar-refractivity contribution is 0.0497. The summed E-state index contributed by atoms with van der Waals surface area (Å²) in [5.74, 6) is -1.25. The van der Waals surface area contributed by atoms with Crippen molar-refractivity contribution in [2.45, 2.75) is 32.6 Å². The summed E-state index contributed by atoms with van der Waals surface area (Å²) in [6.07, 6.45) is 4.29. The van der Waals surface area contributed by atoms with Crippen LogP contribution in [-0.2, 0) is 4.74 Å². The fraction of sp³-hybridized carbons (Fsp3) is 0.300. The summed E-state index contributed by atoms with van der Waals surface area (Å²) in [4.78, 5) is 22.8. The van der Waals surface area contributed by atoms with Crippen LogP contribution in [0.25, 0.3) is 11.1 Å². The number of rotatable bonds is 8. The Hall–Kier alpha value is -2.62. The van der Waals surface area contributed by atoms with Crippen molar-refractivity contribution in [3.8, 4) is 11.1 Å². The Balaban J connectivity index is 1.94. The van der Waals surface area contributed by atoms with E-state index in [0.29, 0.717) is 12.2 Å². The molecule has 1 N–H and O–H groups in total. The van der Waals surface area contributed by atoms with Crippen LogP contribution in [0.4, 0.5) is 0 Å². The van der Waals surface area contributed by atoms with Gasteiger partial charge in [-0.3, -0.25) is 0 Å². The highest BCUT2D eigenvalue weighted by atomic mass is 16.5. The zero-order valence-electron chi connectivity index (χ0n) is 13.8. The molecule has 0 aliphatic rings. The number of carbonyl (C=O) groups excluding carboxylic acids is 1. The van der Waals surface area contributed by atoms with Gasteiger partial charge in [0.1, 0.15) is 0 Å². The zero-order valence-corrected chi connectivity index (χ0v) is 13.8. The van der Waals surface area contributed by atoms with E-state index < -0.39 is 5.97 Å². The molecule has 4 nitrogen and oxygen atoms in total. The van der Waals surface area contributed by atoms with Gasteiger partial charge in [-0.1, -0.05) is 50.5 Å². The SMILES string of the molecule is CCCCCCOC(=O)c1ccc(-c2ccc(C(=O)O)cc2)cc1. The number of ether oxygens (including phenoxy) is 1. The zero-order chi connectivity index (χ0) is 17.4. The molecule has 0 radical (unpaired) electrons.